The maximum absolute atomic E-state index is 12.6. The second kappa shape index (κ2) is 6.76. The lowest BCUT2D eigenvalue weighted by Crippen LogP contribution is -2.57. The van der Waals surface area contributed by atoms with Crippen molar-refractivity contribution in [3.05, 3.63) is 24.2 Å². The quantitative estimate of drug-likeness (QED) is 0.863. The average molecular weight is 293 g/mol. The number of piperazine rings is 1. The zero-order chi connectivity index (χ0) is 15.4. The summed E-state index contributed by atoms with van der Waals surface area (Å²) >= 11 is 0. The molecule has 2 amide bonds. The Bertz CT molecular complexity index is 484. The summed E-state index contributed by atoms with van der Waals surface area (Å²) in [4.78, 5) is 26.5. The molecule has 116 valence electrons. The van der Waals surface area contributed by atoms with Crippen LogP contribution in [0, 0.1) is 5.92 Å². The van der Waals surface area contributed by atoms with E-state index in [1.54, 1.807) is 12.1 Å². The van der Waals surface area contributed by atoms with E-state index in [0.717, 1.165) is 6.54 Å². The maximum Gasteiger partial charge on any atom is 0.287 e. The number of carbonyl (C=O) groups is 2. The summed E-state index contributed by atoms with van der Waals surface area (Å²) in [7, 11) is 0. The largest absolute Gasteiger partial charge is 0.459 e. The molecule has 0 aliphatic carbocycles. The van der Waals surface area contributed by atoms with Crippen LogP contribution in [0.1, 0.15) is 31.3 Å². The van der Waals surface area contributed by atoms with Crippen LogP contribution in [-0.2, 0) is 4.79 Å². The third-order valence-electron chi connectivity index (χ3n) is 3.64. The summed E-state index contributed by atoms with van der Waals surface area (Å²) in [5, 5.41) is 6.09. The molecule has 0 aromatic carbocycles. The highest BCUT2D eigenvalue weighted by atomic mass is 16.3. The second-order valence-corrected chi connectivity index (χ2v) is 5.81. The van der Waals surface area contributed by atoms with Crippen molar-refractivity contribution in [2.24, 2.45) is 5.92 Å². The van der Waals surface area contributed by atoms with Crippen LogP contribution in [0.2, 0.25) is 0 Å². The molecule has 6 heteroatoms. The summed E-state index contributed by atoms with van der Waals surface area (Å²) < 4.78 is 5.07. The number of rotatable bonds is 4. The van der Waals surface area contributed by atoms with Gasteiger partial charge in [0.15, 0.2) is 5.76 Å². The van der Waals surface area contributed by atoms with Gasteiger partial charge in [-0.1, -0.05) is 13.8 Å². The molecule has 21 heavy (non-hydrogen) atoms. The lowest BCUT2D eigenvalue weighted by Gasteiger charge is -2.35. The van der Waals surface area contributed by atoms with E-state index in [1.165, 1.54) is 6.26 Å². The molecule has 2 atom stereocenters. The Morgan fingerprint density at radius 1 is 1.48 bits per heavy atom. The number of nitrogens with zero attached hydrogens (tertiary/aromatic N) is 1. The number of hydrogen-bond acceptors (Lipinski definition) is 4. The molecule has 0 bridgehead atoms. The minimum Gasteiger partial charge on any atom is -0.459 e. The monoisotopic (exact) mass is 293 g/mol. The second-order valence-electron chi connectivity index (χ2n) is 5.81. The van der Waals surface area contributed by atoms with Gasteiger partial charge in [0.05, 0.1) is 6.26 Å². The summed E-state index contributed by atoms with van der Waals surface area (Å²) in [6, 6.07) is 2.98. The van der Waals surface area contributed by atoms with Crippen LogP contribution in [0.15, 0.2) is 22.8 Å². The number of furan rings is 1. The first-order chi connectivity index (χ1) is 9.99. The number of hydrogen-bond donors (Lipinski definition) is 2. The molecule has 0 spiro atoms. The molecule has 2 rings (SSSR count). The highest BCUT2D eigenvalue weighted by Gasteiger charge is 2.31. The summed E-state index contributed by atoms with van der Waals surface area (Å²) in [5.41, 5.74) is 0. The van der Waals surface area contributed by atoms with E-state index < -0.39 is 6.04 Å². The van der Waals surface area contributed by atoms with E-state index >= 15 is 0 Å². The van der Waals surface area contributed by atoms with E-state index in [-0.39, 0.29) is 29.5 Å². The van der Waals surface area contributed by atoms with Gasteiger partial charge in [-0.3, -0.25) is 9.59 Å². The van der Waals surface area contributed by atoms with Crippen molar-refractivity contribution in [3.8, 4) is 0 Å². The van der Waals surface area contributed by atoms with Gasteiger partial charge in [0.2, 0.25) is 5.91 Å². The summed E-state index contributed by atoms with van der Waals surface area (Å²) in [5.74, 6) is -0.141. The molecule has 2 heterocycles. The van der Waals surface area contributed by atoms with Crippen LogP contribution in [0.25, 0.3) is 0 Å². The molecular weight excluding hydrogens is 270 g/mol. The fourth-order valence-electron chi connectivity index (χ4n) is 2.46. The Labute approximate surface area is 124 Å². The van der Waals surface area contributed by atoms with Crippen molar-refractivity contribution in [2.45, 2.75) is 32.9 Å². The van der Waals surface area contributed by atoms with Gasteiger partial charge in [-0.25, -0.2) is 0 Å². The fraction of sp³-hybridized carbons (Fsp3) is 0.600. The normalized spacial score (nSPS) is 20.4. The van der Waals surface area contributed by atoms with Crippen molar-refractivity contribution >= 4 is 11.8 Å². The molecule has 2 unspecified atom stereocenters. The van der Waals surface area contributed by atoms with Crippen molar-refractivity contribution in [3.63, 3.8) is 0 Å². The van der Waals surface area contributed by atoms with Crippen molar-refractivity contribution in [2.75, 3.05) is 19.6 Å². The number of carbonyl (C=O) groups excluding carboxylic acids is 2. The minimum absolute atomic E-state index is 0.0154. The van der Waals surface area contributed by atoms with Gasteiger partial charge in [0.25, 0.3) is 5.91 Å². The Morgan fingerprint density at radius 2 is 2.24 bits per heavy atom. The van der Waals surface area contributed by atoms with E-state index in [2.05, 4.69) is 10.6 Å². The van der Waals surface area contributed by atoms with Gasteiger partial charge in [-0.05, 0) is 25.0 Å². The Balaban J connectivity index is 2.04. The molecule has 1 aromatic heterocycles. The predicted octanol–water partition coefficient (Wildman–Crippen LogP) is 0.854. The molecule has 1 aliphatic rings. The Hall–Kier alpha value is -1.82. The van der Waals surface area contributed by atoms with Gasteiger partial charge in [0.1, 0.15) is 6.04 Å². The maximum atomic E-state index is 12.6. The molecule has 6 nitrogen and oxygen atoms in total. The molecule has 1 saturated heterocycles. The predicted molar refractivity (Wildman–Crippen MR) is 78.8 cm³/mol. The first-order valence-electron chi connectivity index (χ1n) is 7.35. The molecule has 2 N–H and O–H groups in total. The van der Waals surface area contributed by atoms with Gasteiger partial charge in [0, 0.05) is 25.7 Å². The van der Waals surface area contributed by atoms with Crippen molar-refractivity contribution in [1.82, 2.24) is 15.5 Å². The third-order valence-corrected chi connectivity index (χ3v) is 3.64. The van der Waals surface area contributed by atoms with Crippen LogP contribution >= 0.6 is 0 Å². The van der Waals surface area contributed by atoms with Crippen LogP contribution in [0.3, 0.4) is 0 Å². The molecule has 1 aliphatic heterocycles. The van der Waals surface area contributed by atoms with E-state index in [0.29, 0.717) is 13.1 Å². The SMILES string of the molecule is CC1CN(C(=O)C(NC(=O)c2ccco2)C(C)C)CCN1. The van der Waals surface area contributed by atoms with Crippen molar-refractivity contribution < 1.29 is 14.0 Å². The fourth-order valence-corrected chi connectivity index (χ4v) is 2.46. The van der Waals surface area contributed by atoms with Crippen LogP contribution in [0.5, 0.6) is 0 Å². The van der Waals surface area contributed by atoms with Gasteiger partial charge >= 0.3 is 0 Å². The van der Waals surface area contributed by atoms with Gasteiger partial charge < -0.3 is 20.0 Å². The first kappa shape index (κ1) is 15.6. The van der Waals surface area contributed by atoms with E-state index in [4.69, 9.17) is 4.42 Å². The number of amides is 2. The van der Waals surface area contributed by atoms with Crippen LogP contribution < -0.4 is 10.6 Å². The standard InChI is InChI=1S/C15H23N3O3/c1-10(2)13(17-14(19)12-5-4-8-21-12)15(20)18-7-6-16-11(3)9-18/h4-5,8,10-11,13,16H,6-7,9H2,1-3H3,(H,17,19). The van der Waals surface area contributed by atoms with Gasteiger partial charge in [-0.2, -0.15) is 0 Å². The highest BCUT2D eigenvalue weighted by Crippen LogP contribution is 2.10. The van der Waals surface area contributed by atoms with Crippen LogP contribution in [0.4, 0.5) is 0 Å². The zero-order valence-electron chi connectivity index (χ0n) is 12.8. The highest BCUT2D eigenvalue weighted by molar-refractivity contribution is 5.95. The topological polar surface area (TPSA) is 74.6 Å². The molecule has 1 aromatic rings. The Morgan fingerprint density at radius 3 is 2.81 bits per heavy atom. The van der Waals surface area contributed by atoms with E-state index in [1.807, 2.05) is 25.7 Å². The molecule has 0 saturated carbocycles. The summed E-state index contributed by atoms with van der Waals surface area (Å²) in [6.45, 7) is 8.02. The van der Waals surface area contributed by atoms with Crippen LogP contribution in [-0.4, -0.2) is 48.4 Å². The van der Waals surface area contributed by atoms with Gasteiger partial charge in [-0.15, -0.1) is 0 Å². The summed E-state index contributed by atoms with van der Waals surface area (Å²) in [6.07, 6.45) is 1.44. The zero-order valence-corrected chi connectivity index (χ0v) is 12.8. The molecule has 0 radical (unpaired) electrons. The Kier molecular flexibility index (Phi) is 5.01. The van der Waals surface area contributed by atoms with Crippen molar-refractivity contribution in [1.29, 1.82) is 0 Å². The third kappa shape index (κ3) is 3.85. The lowest BCUT2D eigenvalue weighted by atomic mass is 10.0. The average Bonchev–Trinajstić information content (AvgIpc) is 2.97. The minimum atomic E-state index is -0.534. The number of nitrogens with one attached hydrogen (secondary N) is 2. The van der Waals surface area contributed by atoms with E-state index in [9.17, 15) is 9.59 Å². The molecular formula is C15H23N3O3. The first-order valence-corrected chi connectivity index (χ1v) is 7.35. The lowest BCUT2D eigenvalue weighted by molar-refractivity contribution is -0.135. The smallest absolute Gasteiger partial charge is 0.287 e. The molecule has 1 fully saturated rings.